The molecule has 0 spiro atoms. The minimum atomic E-state index is 0.984. The zero-order chi connectivity index (χ0) is 13.9. The Balaban J connectivity index is 2.35. The van der Waals surface area contributed by atoms with Gasteiger partial charge in [0.25, 0.3) is 0 Å². The van der Waals surface area contributed by atoms with Gasteiger partial charge in [0.1, 0.15) is 0 Å². The number of rotatable bonds is 10. The summed E-state index contributed by atoms with van der Waals surface area (Å²) in [7, 11) is 0. The molecular weight excluding hydrogens is 252 g/mol. The van der Waals surface area contributed by atoms with Crippen LogP contribution in [0.3, 0.4) is 0 Å². The van der Waals surface area contributed by atoms with Crippen LogP contribution in [-0.4, -0.2) is 36.8 Å². The third-order valence-corrected chi connectivity index (χ3v) is 4.20. The summed E-state index contributed by atoms with van der Waals surface area (Å²) in [6.07, 6.45) is 1.19. The molecule has 1 rings (SSSR count). The molecule has 0 heterocycles. The minimum absolute atomic E-state index is 0.984. The Morgan fingerprint density at radius 1 is 1.16 bits per heavy atom. The molecular formula is C16H28N2S. The Morgan fingerprint density at radius 2 is 1.95 bits per heavy atom. The van der Waals surface area contributed by atoms with Crippen LogP contribution in [0.15, 0.2) is 29.2 Å². The van der Waals surface area contributed by atoms with Gasteiger partial charge in [-0.3, -0.25) is 0 Å². The Morgan fingerprint density at radius 3 is 2.63 bits per heavy atom. The van der Waals surface area contributed by atoms with Crippen molar-refractivity contribution in [2.45, 2.75) is 38.6 Å². The van der Waals surface area contributed by atoms with Crippen LogP contribution in [0, 0.1) is 0 Å². The van der Waals surface area contributed by atoms with Crippen molar-refractivity contribution in [3.8, 4) is 0 Å². The van der Waals surface area contributed by atoms with E-state index in [1.807, 2.05) is 11.8 Å². The molecule has 0 radical (unpaired) electrons. The molecule has 2 nitrogen and oxygen atoms in total. The van der Waals surface area contributed by atoms with Gasteiger partial charge in [-0.15, -0.1) is 11.8 Å². The highest BCUT2D eigenvalue weighted by atomic mass is 32.2. The van der Waals surface area contributed by atoms with Crippen LogP contribution in [0.25, 0.3) is 0 Å². The fraction of sp³-hybridized carbons (Fsp3) is 0.625. The summed E-state index contributed by atoms with van der Waals surface area (Å²) in [5, 5.41) is 3.45. The van der Waals surface area contributed by atoms with Crippen LogP contribution in [0.2, 0.25) is 0 Å². The summed E-state index contributed by atoms with van der Waals surface area (Å²) >= 11 is 1.96. The van der Waals surface area contributed by atoms with Crippen molar-refractivity contribution in [3.63, 3.8) is 0 Å². The van der Waals surface area contributed by atoms with E-state index in [1.54, 1.807) is 0 Å². The topological polar surface area (TPSA) is 15.3 Å². The first kappa shape index (κ1) is 16.5. The van der Waals surface area contributed by atoms with E-state index in [0.717, 1.165) is 26.2 Å². The molecule has 1 aromatic carbocycles. The summed E-state index contributed by atoms with van der Waals surface area (Å²) in [6.45, 7) is 12.2. The van der Waals surface area contributed by atoms with Crippen LogP contribution in [0.4, 0.5) is 0 Å². The van der Waals surface area contributed by atoms with Crippen LogP contribution < -0.4 is 5.32 Å². The molecule has 0 atom stereocenters. The predicted octanol–water partition coefficient (Wildman–Crippen LogP) is 3.62. The monoisotopic (exact) mass is 280 g/mol. The predicted molar refractivity (Wildman–Crippen MR) is 87.0 cm³/mol. The van der Waals surface area contributed by atoms with Crippen molar-refractivity contribution in [1.82, 2.24) is 10.2 Å². The molecule has 0 aliphatic heterocycles. The zero-order valence-corrected chi connectivity index (χ0v) is 13.4. The van der Waals surface area contributed by atoms with Gasteiger partial charge in [-0.1, -0.05) is 32.9 Å². The van der Waals surface area contributed by atoms with Crippen LogP contribution in [0.1, 0.15) is 32.8 Å². The molecule has 1 N–H and O–H groups in total. The summed E-state index contributed by atoms with van der Waals surface area (Å²) in [4.78, 5) is 3.86. The van der Waals surface area contributed by atoms with Crippen molar-refractivity contribution >= 4 is 11.8 Å². The average Bonchev–Trinajstić information content (AvgIpc) is 2.44. The summed E-state index contributed by atoms with van der Waals surface area (Å²) in [6, 6.07) is 8.91. The van der Waals surface area contributed by atoms with Crippen LogP contribution >= 0.6 is 11.8 Å². The summed E-state index contributed by atoms with van der Waals surface area (Å²) in [5.41, 5.74) is 1.39. The minimum Gasteiger partial charge on any atom is -0.313 e. The second kappa shape index (κ2) is 10.3. The zero-order valence-electron chi connectivity index (χ0n) is 12.6. The number of hydrogen-bond acceptors (Lipinski definition) is 3. The van der Waals surface area contributed by atoms with E-state index >= 15 is 0 Å². The molecule has 108 valence electrons. The largest absolute Gasteiger partial charge is 0.313 e. The van der Waals surface area contributed by atoms with Gasteiger partial charge in [-0.25, -0.2) is 0 Å². The van der Waals surface area contributed by atoms with Crippen LogP contribution in [-0.2, 0) is 6.54 Å². The van der Waals surface area contributed by atoms with E-state index in [1.165, 1.54) is 29.2 Å². The van der Waals surface area contributed by atoms with E-state index in [-0.39, 0.29) is 0 Å². The highest BCUT2D eigenvalue weighted by Gasteiger charge is 2.00. The van der Waals surface area contributed by atoms with Crippen molar-refractivity contribution in [2.75, 3.05) is 31.9 Å². The normalized spacial score (nSPS) is 11.2. The van der Waals surface area contributed by atoms with Crippen molar-refractivity contribution in [1.29, 1.82) is 0 Å². The average molecular weight is 280 g/mol. The summed E-state index contributed by atoms with van der Waals surface area (Å²) in [5.74, 6) is 1.17. The van der Waals surface area contributed by atoms with E-state index in [2.05, 4.69) is 55.3 Å². The Hall–Kier alpha value is -0.510. The van der Waals surface area contributed by atoms with Crippen molar-refractivity contribution in [2.24, 2.45) is 0 Å². The van der Waals surface area contributed by atoms with Gasteiger partial charge in [0, 0.05) is 23.7 Å². The summed E-state index contributed by atoms with van der Waals surface area (Å²) < 4.78 is 0. The van der Waals surface area contributed by atoms with Gasteiger partial charge in [-0.2, -0.15) is 0 Å². The van der Waals surface area contributed by atoms with Crippen molar-refractivity contribution in [3.05, 3.63) is 29.8 Å². The molecule has 0 aliphatic rings. The number of nitrogens with one attached hydrogen (secondary N) is 1. The number of hydrogen-bond donors (Lipinski definition) is 1. The van der Waals surface area contributed by atoms with Gasteiger partial charge in [0.05, 0.1) is 0 Å². The lowest BCUT2D eigenvalue weighted by atomic mass is 10.2. The molecule has 3 heteroatoms. The first-order valence-corrected chi connectivity index (χ1v) is 8.43. The molecule has 0 saturated heterocycles. The lowest BCUT2D eigenvalue weighted by molar-refractivity contribution is 0.324. The molecule has 1 aromatic rings. The number of thioether (sulfide) groups is 1. The van der Waals surface area contributed by atoms with Gasteiger partial charge < -0.3 is 10.2 Å². The molecule has 0 aliphatic carbocycles. The van der Waals surface area contributed by atoms with Gasteiger partial charge in [0.15, 0.2) is 0 Å². The van der Waals surface area contributed by atoms with E-state index in [0.29, 0.717) is 0 Å². The quantitative estimate of drug-likeness (QED) is 0.520. The number of nitrogens with zero attached hydrogens (tertiary/aromatic N) is 1. The highest BCUT2D eigenvalue weighted by molar-refractivity contribution is 7.99. The van der Waals surface area contributed by atoms with Gasteiger partial charge in [0.2, 0.25) is 0 Å². The second-order valence-corrected chi connectivity index (χ2v) is 5.87. The third-order valence-electron chi connectivity index (χ3n) is 3.23. The maximum absolute atomic E-state index is 3.45. The molecule has 0 bridgehead atoms. The molecule has 0 aromatic heterocycles. The first-order chi connectivity index (χ1) is 9.30. The lowest BCUT2D eigenvalue weighted by Crippen LogP contribution is -2.25. The standard InChI is InChI=1S/C16H28N2S/c1-4-10-17-14-15-8-7-9-16(13-15)19-12-11-18(5-2)6-3/h7-9,13,17H,4-6,10-12,14H2,1-3H3. The maximum Gasteiger partial charge on any atom is 0.0205 e. The smallest absolute Gasteiger partial charge is 0.0205 e. The number of benzene rings is 1. The van der Waals surface area contributed by atoms with E-state index < -0.39 is 0 Å². The molecule has 0 amide bonds. The third kappa shape index (κ3) is 7.00. The molecule has 0 saturated carbocycles. The first-order valence-electron chi connectivity index (χ1n) is 7.44. The van der Waals surface area contributed by atoms with E-state index in [9.17, 15) is 0 Å². The Labute approximate surface area is 123 Å². The highest BCUT2D eigenvalue weighted by Crippen LogP contribution is 2.19. The Bertz CT molecular complexity index is 337. The lowest BCUT2D eigenvalue weighted by Gasteiger charge is -2.17. The van der Waals surface area contributed by atoms with Crippen molar-refractivity contribution < 1.29 is 0 Å². The van der Waals surface area contributed by atoms with E-state index in [4.69, 9.17) is 0 Å². The van der Waals surface area contributed by atoms with Crippen LogP contribution in [0.5, 0.6) is 0 Å². The fourth-order valence-electron chi connectivity index (χ4n) is 1.99. The molecule has 0 fully saturated rings. The van der Waals surface area contributed by atoms with Gasteiger partial charge >= 0.3 is 0 Å². The fourth-order valence-corrected chi connectivity index (χ4v) is 2.98. The van der Waals surface area contributed by atoms with Gasteiger partial charge in [-0.05, 0) is 43.8 Å². The molecule has 0 unspecified atom stereocenters. The Kier molecular flexibility index (Phi) is 8.97. The SMILES string of the molecule is CCCNCc1cccc(SCCN(CC)CC)c1. The second-order valence-electron chi connectivity index (χ2n) is 4.70. The maximum atomic E-state index is 3.45. The molecule has 19 heavy (non-hydrogen) atoms.